The molecule has 0 unspecified atom stereocenters. The minimum Gasteiger partial charge on any atom is -0.497 e. The van der Waals surface area contributed by atoms with Crippen LogP contribution in [0, 0.1) is 0 Å². The van der Waals surface area contributed by atoms with Gasteiger partial charge in [0, 0.05) is 6.07 Å². The molecule has 6 heteroatoms. The summed E-state index contributed by atoms with van der Waals surface area (Å²) in [4.78, 5) is 7.84. The Labute approximate surface area is 98.4 Å². The van der Waals surface area contributed by atoms with E-state index in [0.717, 1.165) is 5.75 Å². The second-order valence-corrected chi connectivity index (χ2v) is 3.16. The molecule has 1 aromatic carbocycles. The van der Waals surface area contributed by atoms with Gasteiger partial charge in [0.15, 0.2) is 0 Å². The van der Waals surface area contributed by atoms with Crippen LogP contribution in [0.25, 0.3) is 0 Å². The summed E-state index contributed by atoms with van der Waals surface area (Å²) in [6.45, 7) is 0. The van der Waals surface area contributed by atoms with Crippen molar-refractivity contribution in [3.8, 4) is 17.4 Å². The van der Waals surface area contributed by atoms with Crippen molar-refractivity contribution in [1.29, 1.82) is 0 Å². The number of hydrogen-bond acceptors (Lipinski definition) is 6. The van der Waals surface area contributed by atoms with Crippen molar-refractivity contribution in [3.63, 3.8) is 0 Å². The summed E-state index contributed by atoms with van der Waals surface area (Å²) >= 11 is 0. The van der Waals surface area contributed by atoms with E-state index in [4.69, 9.17) is 15.3 Å². The van der Waals surface area contributed by atoms with Crippen LogP contribution in [0.4, 0.5) is 5.82 Å². The van der Waals surface area contributed by atoms with Gasteiger partial charge in [-0.05, 0) is 24.3 Å². The Morgan fingerprint density at radius 3 is 2.47 bits per heavy atom. The lowest BCUT2D eigenvalue weighted by atomic mass is 10.3. The summed E-state index contributed by atoms with van der Waals surface area (Å²) < 4.78 is 10.6. The van der Waals surface area contributed by atoms with Crippen LogP contribution in [0.15, 0.2) is 36.7 Å². The molecule has 0 saturated heterocycles. The Bertz CT molecular complexity index is 487. The summed E-state index contributed by atoms with van der Waals surface area (Å²) in [5.41, 5.74) is 2.42. The van der Waals surface area contributed by atoms with E-state index in [9.17, 15) is 0 Å². The molecule has 0 atom stereocenters. The fourth-order valence-electron chi connectivity index (χ4n) is 1.24. The van der Waals surface area contributed by atoms with Crippen LogP contribution in [-0.2, 0) is 0 Å². The van der Waals surface area contributed by atoms with E-state index in [-0.39, 0.29) is 0 Å². The highest BCUT2D eigenvalue weighted by molar-refractivity contribution is 5.38. The molecule has 88 valence electrons. The summed E-state index contributed by atoms with van der Waals surface area (Å²) in [7, 11) is 1.61. The zero-order valence-corrected chi connectivity index (χ0v) is 9.25. The maximum absolute atomic E-state index is 5.52. The second kappa shape index (κ2) is 5.13. The topological polar surface area (TPSA) is 82.3 Å². The summed E-state index contributed by atoms with van der Waals surface area (Å²) in [5, 5.41) is 0. The molecule has 0 spiro atoms. The van der Waals surface area contributed by atoms with E-state index in [1.54, 1.807) is 37.4 Å². The number of ether oxygens (including phenoxy) is 2. The van der Waals surface area contributed by atoms with E-state index in [1.807, 2.05) is 0 Å². The number of nitrogens with two attached hydrogens (primary N) is 1. The molecule has 0 aliphatic carbocycles. The van der Waals surface area contributed by atoms with Gasteiger partial charge in [0.05, 0.1) is 7.11 Å². The molecule has 0 amide bonds. The first-order valence-corrected chi connectivity index (χ1v) is 4.92. The van der Waals surface area contributed by atoms with Crippen molar-refractivity contribution in [2.75, 3.05) is 12.5 Å². The molecule has 0 aliphatic rings. The number of methoxy groups -OCH3 is 1. The van der Waals surface area contributed by atoms with Gasteiger partial charge in [-0.15, -0.1) is 0 Å². The van der Waals surface area contributed by atoms with Gasteiger partial charge in [-0.25, -0.2) is 15.8 Å². The Balaban J connectivity index is 2.13. The van der Waals surface area contributed by atoms with Crippen molar-refractivity contribution >= 4 is 5.82 Å². The molecule has 0 bridgehead atoms. The number of rotatable bonds is 4. The van der Waals surface area contributed by atoms with Crippen LogP contribution in [-0.4, -0.2) is 17.1 Å². The molecular formula is C11H12N4O2. The lowest BCUT2D eigenvalue weighted by Gasteiger charge is -2.06. The molecule has 0 fully saturated rings. The Morgan fingerprint density at radius 1 is 1.12 bits per heavy atom. The van der Waals surface area contributed by atoms with E-state index < -0.39 is 0 Å². The third-order valence-corrected chi connectivity index (χ3v) is 2.07. The standard InChI is InChI=1S/C11H12N4O2/c1-16-8-2-4-9(5-3-8)17-11-6-10(15-12)13-7-14-11/h2-7H,12H2,1H3,(H,13,14,15). The minimum atomic E-state index is 0.415. The van der Waals surface area contributed by atoms with Gasteiger partial charge in [0.25, 0.3) is 0 Å². The zero-order valence-electron chi connectivity index (χ0n) is 9.25. The predicted octanol–water partition coefficient (Wildman–Crippen LogP) is 1.56. The first kappa shape index (κ1) is 11.2. The minimum absolute atomic E-state index is 0.415. The number of aromatic nitrogens is 2. The van der Waals surface area contributed by atoms with Gasteiger partial charge in [-0.1, -0.05) is 0 Å². The highest BCUT2D eigenvalue weighted by Gasteiger charge is 2.01. The Kier molecular flexibility index (Phi) is 3.37. The zero-order chi connectivity index (χ0) is 12.1. The molecule has 6 nitrogen and oxygen atoms in total. The SMILES string of the molecule is COc1ccc(Oc2cc(NN)ncn2)cc1. The van der Waals surface area contributed by atoms with Crippen LogP contribution < -0.4 is 20.7 Å². The Morgan fingerprint density at radius 2 is 1.82 bits per heavy atom. The second-order valence-electron chi connectivity index (χ2n) is 3.16. The molecule has 17 heavy (non-hydrogen) atoms. The van der Waals surface area contributed by atoms with Gasteiger partial charge >= 0.3 is 0 Å². The molecule has 1 aromatic heterocycles. The maximum atomic E-state index is 5.52. The van der Waals surface area contributed by atoms with Crippen LogP contribution in [0.1, 0.15) is 0 Å². The fraction of sp³-hybridized carbons (Fsp3) is 0.0909. The van der Waals surface area contributed by atoms with Gasteiger partial charge < -0.3 is 14.9 Å². The molecule has 0 radical (unpaired) electrons. The number of nitrogen functional groups attached to an aromatic ring is 1. The lowest BCUT2D eigenvalue weighted by Crippen LogP contribution is -2.08. The first-order chi connectivity index (χ1) is 8.31. The third kappa shape index (κ3) is 2.82. The molecule has 0 aliphatic heterocycles. The van der Waals surface area contributed by atoms with Crippen molar-refractivity contribution < 1.29 is 9.47 Å². The summed E-state index contributed by atoms with van der Waals surface area (Å²) in [6, 6.07) is 8.79. The smallest absolute Gasteiger partial charge is 0.224 e. The number of hydrogen-bond donors (Lipinski definition) is 2. The number of benzene rings is 1. The molecular weight excluding hydrogens is 220 g/mol. The number of nitrogens with one attached hydrogen (secondary N) is 1. The van der Waals surface area contributed by atoms with Gasteiger partial charge in [0.1, 0.15) is 23.6 Å². The average molecular weight is 232 g/mol. The van der Waals surface area contributed by atoms with Gasteiger partial charge in [0.2, 0.25) is 5.88 Å². The van der Waals surface area contributed by atoms with Crippen molar-refractivity contribution in [2.45, 2.75) is 0 Å². The van der Waals surface area contributed by atoms with Gasteiger partial charge in [-0.2, -0.15) is 0 Å². The highest BCUT2D eigenvalue weighted by atomic mass is 16.5. The highest BCUT2D eigenvalue weighted by Crippen LogP contribution is 2.22. The van der Waals surface area contributed by atoms with E-state index in [0.29, 0.717) is 17.4 Å². The average Bonchev–Trinajstić information content (AvgIpc) is 2.40. The molecule has 0 saturated carbocycles. The molecule has 3 N–H and O–H groups in total. The van der Waals surface area contributed by atoms with Crippen molar-refractivity contribution in [2.24, 2.45) is 5.84 Å². The largest absolute Gasteiger partial charge is 0.497 e. The van der Waals surface area contributed by atoms with Crippen LogP contribution in [0.5, 0.6) is 17.4 Å². The Hall–Kier alpha value is -2.34. The number of hydrazine groups is 1. The number of nitrogens with zero attached hydrogens (tertiary/aromatic N) is 2. The fourth-order valence-corrected chi connectivity index (χ4v) is 1.24. The van der Waals surface area contributed by atoms with E-state index in [2.05, 4.69) is 15.4 Å². The van der Waals surface area contributed by atoms with Crippen LogP contribution in [0.2, 0.25) is 0 Å². The van der Waals surface area contributed by atoms with Crippen molar-refractivity contribution in [3.05, 3.63) is 36.7 Å². The number of anilines is 1. The van der Waals surface area contributed by atoms with E-state index >= 15 is 0 Å². The molecule has 1 heterocycles. The quantitative estimate of drug-likeness (QED) is 0.615. The van der Waals surface area contributed by atoms with Gasteiger partial charge in [-0.3, -0.25) is 0 Å². The van der Waals surface area contributed by atoms with Crippen LogP contribution >= 0.6 is 0 Å². The predicted molar refractivity (Wildman–Crippen MR) is 62.9 cm³/mol. The third-order valence-electron chi connectivity index (χ3n) is 2.07. The molecule has 2 rings (SSSR count). The maximum Gasteiger partial charge on any atom is 0.224 e. The lowest BCUT2D eigenvalue weighted by molar-refractivity contribution is 0.412. The molecule has 2 aromatic rings. The van der Waals surface area contributed by atoms with Crippen molar-refractivity contribution in [1.82, 2.24) is 9.97 Å². The van der Waals surface area contributed by atoms with E-state index in [1.165, 1.54) is 6.33 Å². The van der Waals surface area contributed by atoms with Crippen LogP contribution in [0.3, 0.4) is 0 Å². The first-order valence-electron chi connectivity index (χ1n) is 4.92. The monoisotopic (exact) mass is 232 g/mol. The normalized spacial score (nSPS) is 9.76. The summed E-state index contributed by atoms with van der Waals surface area (Å²) in [6.07, 6.45) is 1.37. The summed E-state index contributed by atoms with van der Waals surface area (Å²) in [5.74, 6) is 7.57.